The summed E-state index contributed by atoms with van der Waals surface area (Å²) < 4.78 is 0. The molecule has 0 aliphatic carbocycles. The normalized spacial score (nSPS) is 11.8. The molecule has 0 saturated heterocycles. The molecule has 0 fully saturated rings. The van der Waals surface area contributed by atoms with Gasteiger partial charge >= 0.3 is 5.97 Å². The van der Waals surface area contributed by atoms with E-state index in [0.717, 1.165) is 12.8 Å². The van der Waals surface area contributed by atoms with Crippen LogP contribution in [0.5, 0.6) is 0 Å². The van der Waals surface area contributed by atoms with Crippen molar-refractivity contribution in [2.45, 2.75) is 32.2 Å². The zero-order valence-corrected chi connectivity index (χ0v) is 9.59. The van der Waals surface area contributed by atoms with E-state index in [1.54, 1.807) is 0 Å². The molecule has 1 heterocycles. The fraction of sp³-hybridized carbons (Fsp3) is 0.455. The van der Waals surface area contributed by atoms with Crippen LogP contribution in [-0.2, 0) is 4.79 Å². The summed E-state index contributed by atoms with van der Waals surface area (Å²) >= 11 is 0. The van der Waals surface area contributed by atoms with Gasteiger partial charge in [-0.15, -0.1) is 0 Å². The molecule has 0 radical (unpaired) electrons. The SMILES string of the molecule is CCCC[C@H](NC(=O)c1ccnnc1)C(=O)O. The molecule has 0 bridgehead atoms. The number of carboxylic acid groups (broad SMARTS) is 1. The predicted octanol–water partition coefficient (Wildman–Crippen LogP) is 0.850. The summed E-state index contributed by atoms with van der Waals surface area (Å²) in [6, 6.07) is 0.636. The minimum atomic E-state index is -1.02. The second kappa shape index (κ2) is 6.57. The highest BCUT2D eigenvalue weighted by Crippen LogP contribution is 2.03. The average Bonchev–Trinajstić information content (AvgIpc) is 2.35. The average molecular weight is 237 g/mol. The fourth-order valence-corrected chi connectivity index (χ4v) is 1.33. The lowest BCUT2D eigenvalue weighted by Gasteiger charge is -2.13. The van der Waals surface area contributed by atoms with Crippen LogP contribution < -0.4 is 5.32 Å². The number of rotatable bonds is 6. The van der Waals surface area contributed by atoms with Gasteiger partial charge in [0.2, 0.25) is 0 Å². The van der Waals surface area contributed by atoms with Crippen molar-refractivity contribution in [3.8, 4) is 0 Å². The molecular formula is C11H15N3O3. The maximum absolute atomic E-state index is 11.7. The summed E-state index contributed by atoms with van der Waals surface area (Å²) in [5.74, 6) is -1.46. The molecule has 1 atom stereocenters. The highest BCUT2D eigenvalue weighted by Gasteiger charge is 2.19. The van der Waals surface area contributed by atoms with Crippen molar-refractivity contribution in [2.75, 3.05) is 0 Å². The Labute approximate surface area is 99.1 Å². The second-order valence-electron chi connectivity index (χ2n) is 3.64. The monoisotopic (exact) mass is 237 g/mol. The van der Waals surface area contributed by atoms with E-state index < -0.39 is 17.9 Å². The zero-order chi connectivity index (χ0) is 12.7. The van der Waals surface area contributed by atoms with Crippen molar-refractivity contribution >= 4 is 11.9 Å². The van der Waals surface area contributed by atoms with Gasteiger partial charge in [-0.1, -0.05) is 19.8 Å². The van der Waals surface area contributed by atoms with Gasteiger partial charge in [0.1, 0.15) is 6.04 Å². The first-order valence-electron chi connectivity index (χ1n) is 5.45. The largest absolute Gasteiger partial charge is 0.480 e. The van der Waals surface area contributed by atoms with Crippen LogP contribution in [0.4, 0.5) is 0 Å². The van der Waals surface area contributed by atoms with Gasteiger partial charge in [-0.05, 0) is 12.5 Å². The standard InChI is InChI=1S/C11H15N3O3/c1-2-3-4-9(11(16)17)14-10(15)8-5-6-12-13-7-8/h5-7,9H,2-4H2,1H3,(H,14,15)(H,16,17)/t9-/m0/s1. The van der Waals surface area contributed by atoms with E-state index in [0.29, 0.717) is 12.0 Å². The number of carbonyl (C=O) groups is 2. The quantitative estimate of drug-likeness (QED) is 0.765. The van der Waals surface area contributed by atoms with Crippen molar-refractivity contribution in [1.82, 2.24) is 15.5 Å². The summed E-state index contributed by atoms with van der Waals surface area (Å²) in [4.78, 5) is 22.6. The third-order valence-corrected chi connectivity index (χ3v) is 2.30. The Kier molecular flexibility index (Phi) is 5.06. The van der Waals surface area contributed by atoms with E-state index in [1.807, 2.05) is 6.92 Å². The second-order valence-corrected chi connectivity index (χ2v) is 3.64. The predicted molar refractivity (Wildman–Crippen MR) is 60.4 cm³/mol. The summed E-state index contributed by atoms with van der Waals surface area (Å²) in [5, 5.41) is 18.5. The Bertz CT molecular complexity index is 381. The van der Waals surface area contributed by atoms with Crippen molar-refractivity contribution in [3.63, 3.8) is 0 Å². The number of aliphatic carboxylic acids is 1. The van der Waals surface area contributed by atoms with Crippen LogP contribution in [0.1, 0.15) is 36.5 Å². The van der Waals surface area contributed by atoms with Crippen LogP contribution in [0.2, 0.25) is 0 Å². The first-order chi connectivity index (χ1) is 8.15. The summed E-state index contributed by atoms with van der Waals surface area (Å²) in [7, 11) is 0. The third-order valence-electron chi connectivity index (χ3n) is 2.30. The number of unbranched alkanes of at least 4 members (excludes halogenated alkanes) is 1. The molecule has 1 aromatic rings. The number of hydrogen-bond donors (Lipinski definition) is 2. The molecular weight excluding hydrogens is 222 g/mol. The van der Waals surface area contributed by atoms with Gasteiger partial charge in [-0.25, -0.2) is 4.79 Å². The Hall–Kier alpha value is -1.98. The summed E-state index contributed by atoms with van der Waals surface area (Å²) in [6.07, 6.45) is 4.75. The number of carboxylic acids is 1. The molecule has 1 amide bonds. The van der Waals surface area contributed by atoms with Gasteiger partial charge < -0.3 is 10.4 Å². The van der Waals surface area contributed by atoms with Crippen molar-refractivity contribution in [2.24, 2.45) is 0 Å². The van der Waals surface area contributed by atoms with Crippen LogP contribution in [0, 0.1) is 0 Å². The van der Waals surface area contributed by atoms with Crippen LogP contribution in [0.3, 0.4) is 0 Å². The number of carbonyl (C=O) groups excluding carboxylic acids is 1. The topological polar surface area (TPSA) is 92.2 Å². The molecule has 1 aromatic heterocycles. The van der Waals surface area contributed by atoms with E-state index in [4.69, 9.17) is 5.11 Å². The molecule has 2 N–H and O–H groups in total. The summed E-state index contributed by atoms with van der Waals surface area (Å²) in [5.41, 5.74) is 0.308. The maximum atomic E-state index is 11.7. The Morgan fingerprint density at radius 1 is 1.47 bits per heavy atom. The third kappa shape index (κ3) is 4.18. The molecule has 0 saturated carbocycles. The molecule has 17 heavy (non-hydrogen) atoms. The van der Waals surface area contributed by atoms with E-state index >= 15 is 0 Å². The van der Waals surface area contributed by atoms with E-state index in [2.05, 4.69) is 15.5 Å². The number of nitrogens with zero attached hydrogens (tertiary/aromatic N) is 2. The lowest BCUT2D eigenvalue weighted by molar-refractivity contribution is -0.139. The van der Waals surface area contributed by atoms with Gasteiger partial charge in [0.15, 0.2) is 0 Å². The zero-order valence-electron chi connectivity index (χ0n) is 9.59. The highest BCUT2D eigenvalue weighted by molar-refractivity contribution is 5.96. The van der Waals surface area contributed by atoms with Crippen molar-refractivity contribution < 1.29 is 14.7 Å². The van der Waals surface area contributed by atoms with Gasteiger partial charge in [0.25, 0.3) is 5.91 Å². The van der Waals surface area contributed by atoms with Gasteiger partial charge in [-0.3, -0.25) is 4.79 Å². The van der Waals surface area contributed by atoms with Crippen LogP contribution in [-0.4, -0.2) is 33.2 Å². The lowest BCUT2D eigenvalue weighted by Crippen LogP contribution is -2.40. The summed E-state index contributed by atoms with van der Waals surface area (Å²) in [6.45, 7) is 1.97. The fourth-order valence-electron chi connectivity index (χ4n) is 1.33. The first-order valence-corrected chi connectivity index (χ1v) is 5.45. The van der Waals surface area contributed by atoms with Crippen molar-refractivity contribution in [1.29, 1.82) is 0 Å². The minimum absolute atomic E-state index is 0.308. The molecule has 0 unspecified atom stereocenters. The van der Waals surface area contributed by atoms with Gasteiger partial charge in [0, 0.05) is 0 Å². The molecule has 6 nitrogen and oxygen atoms in total. The van der Waals surface area contributed by atoms with E-state index in [-0.39, 0.29) is 0 Å². The van der Waals surface area contributed by atoms with E-state index in [1.165, 1.54) is 18.5 Å². The first kappa shape index (κ1) is 13.1. The molecule has 0 spiro atoms. The Morgan fingerprint density at radius 2 is 2.24 bits per heavy atom. The molecule has 0 aromatic carbocycles. The minimum Gasteiger partial charge on any atom is -0.480 e. The smallest absolute Gasteiger partial charge is 0.326 e. The number of aromatic nitrogens is 2. The van der Waals surface area contributed by atoms with Crippen LogP contribution >= 0.6 is 0 Å². The molecule has 1 rings (SSSR count). The van der Waals surface area contributed by atoms with Gasteiger partial charge in [-0.2, -0.15) is 10.2 Å². The lowest BCUT2D eigenvalue weighted by atomic mass is 10.1. The maximum Gasteiger partial charge on any atom is 0.326 e. The Balaban J connectivity index is 2.61. The molecule has 0 aliphatic rings. The van der Waals surface area contributed by atoms with Gasteiger partial charge in [0.05, 0.1) is 18.0 Å². The highest BCUT2D eigenvalue weighted by atomic mass is 16.4. The van der Waals surface area contributed by atoms with E-state index in [9.17, 15) is 9.59 Å². The number of hydrogen-bond acceptors (Lipinski definition) is 4. The van der Waals surface area contributed by atoms with Crippen molar-refractivity contribution in [3.05, 3.63) is 24.0 Å². The molecule has 6 heteroatoms. The Morgan fingerprint density at radius 3 is 2.76 bits per heavy atom. The molecule has 92 valence electrons. The number of amides is 1. The van der Waals surface area contributed by atoms with Crippen LogP contribution in [0.25, 0.3) is 0 Å². The number of nitrogens with one attached hydrogen (secondary N) is 1. The molecule has 0 aliphatic heterocycles. The van der Waals surface area contributed by atoms with Crippen LogP contribution in [0.15, 0.2) is 18.5 Å².